The zero-order valence-electron chi connectivity index (χ0n) is 68.1. The molecule has 8 atom stereocenters. The van der Waals surface area contributed by atoms with E-state index in [-0.39, 0.29) is 21.7 Å². The van der Waals surface area contributed by atoms with Crippen molar-refractivity contribution in [3.8, 4) is 22.3 Å². The number of aromatic nitrogens is 7. The van der Waals surface area contributed by atoms with Gasteiger partial charge in [0.2, 0.25) is 46.7 Å². The highest BCUT2D eigenvalue weighted by Crippen LogP contribution is 2.66. The molecule has 4 aromatic carbocycles. The SMILES string of the molecule is Cc1noc2c1CC1(CC2)Cc2ccc(-c3cncc(Cl)c3)cc2C12N=C(N)N(C)O2.Cc1noc2c1CC1(CC2)Cc2ccc(Br)cc2C12N=C(N)N(C)O2.Cc1onc2c1CC1(CC2)Cc2ccc(-c3cncc(Cl)c3)cc2C12N=C(N)N(C)O2.Cc1onc2c1CC1(CC2)Cc2ccc(Br)cc2C12N=C(N)N(C)O2.OB(O)c1cncc(Cl)c1. The van der Waals surface area contributed by atoms with Gasteiger partial charge in [0.1, 0.15) is 23.0 Å². The maximum Gasteiger partial charge on any atom is 0.490 e. The monoisotopic (exact) mass is 1830 g/mol. The van der Waals surface area contributed by atoms with Gasteiger partial charge in [0.15, 0.2) is 0 Å². The molecule has 8 spiro atoms. The number of aliphatic imine (C=N–C) groups is 4. The lowest BCUT2D eigenvalue weighted by atomic mass is 9.66. The van der Waals surface area contributed by atoms with Crippen molar-refractivity contribution in [2.24, 2.45) is 64.6 Å². The Morgan fingerprint density at radius 2 is 0.705 bits per heavy atom. The molecule has 0 saturated carbocycles. The van der Waals surface area contributed by atoms with E-state index < -0.39 is 30.0 Å². The average molecular weight is 1840 g/mol. The first kappa shape index (κ1) is 81.6. The second kappa shape index (κ2) is 30.1. The van der Waals surface area contributed by atoms with Crippen LogP contribution in [-0.2, 0) is 119 Å². The van der Waals surface area contributed by atoms with Gasteiger partial charge in [-0.2, -0.15) is 0 Å². The van der Waals surface area contributed by atoms with Crippen molar-refractivity contribution in [1.29, 1.82) is 0 Å². The van der Waals surface area contributed by atoms with Crippen molar-refractivity contribution in [2.75, 3.05) is 28.2 Å². The number of halogens is 5. The first-order valence-electron chi connectivity index (χ1n) is 40.3. The summed E-state index contributed by atoms with van der Waals surface area (Å²) in [6.07, 6.45) is 23.4. The van der Waals surface area contributed by atoms with Gasteiger partial charge >= 0.3 is 7.12 Å². The number of hydrogen-bond donors (Lipinski definition) is 6. The fourth-order valence-electron chi connectivity index (χ4n) is 20.9. The second-order valence-corrected chi connectivity index (χ2v) is 37.1. The molecule has 12 aliphatic rings. The summed E-state index contributed by atoms with van der Waals surface area (Å²) in [7, 11) is 5.75. The van der Waals surface area contributed by atoms with Gasteiger partial charge in [0.05, 0.1) is 37.8 Å². The minimum atomic E-state index is -1.49. The van der Waals surface area contributed by atoms with Gasteiger partial charge in [0.25, 0.3) is 0 Å². The molecule has 628 valence electrons. The zero-order valence-corrected chi connectivity index (χ0v) is 73.5. The van der Waals surface area contributed by atoms with Gasteiger partial charge in [-0.15, -0.1) is 0 Å². The van der Waals surface area contributed by atoms with Crippen LogP contribution in [-0.4, -0.2) is 125 Å². The molecule has 0 bridgehead atoms. The number of fused-ring (bicyclic) bond motifs is 16. The second-order valence-electron chi connectivity index (χ2n) is 34.0. The molecule has 29 nitrogen and oxygen atoms in total. The summed E-state index contributed by atoms with van der Waals surface area (Å²) < 4.78 is 24.1. The summed E-state index contributed by atoms with van der Waals surface area (Å²) in [5, 5.41) is 42.0. The van der Waals surface area contributed by atoms with Crippen molar-refractivity contribution in [3.63, 3.8) is 0 Å². The maximum absolute atomic E-state index is 8.61. The number of aryl methyl sites for hydroxylation is 8. The lowest BCUT2D eigenvalue weighted by Crippen LogP contribution is -2.47. The Labute approximate surface area is 734 Å². The average Bonchev–Trinajstić information content (AvgIpc) is 1.55. The highest BCUT2D eigenvalue weighted by Gasteiger charge is 2.68. The molecule has 0 fully saturated rings. The molecule has 7 aromatic heterocycles. The van der Waals surface area contributed by atoms with E-state index in [9.17, 15) is 0 Å². The quantitative estimate of drug-likeness (QED) is 0.0895. The predicted octanol–water partition coefficient (Wildman–Crippen LogP) is 12.6. The van der Waals surface area contributed by atoms with Crippen molar-refractivity contribution in [3.05, 3.63) is 265 Å². The van der Waals surface area contributed by atoms with Crippen LogP contribution in [0.5, 0.6) is 0 Å². The van der Waals surface area contributed by atoms with Crippen LogP contribution in [0.1, 0.15) is 138 Å². The van der Waals surface area contributed by atoms with E-state index in [0.29, 0.717) is 44.4 Å². The third-order valence-electron chi connectivity index (χ3n) is 27.0. The first-order valence-corrected chi connectivity index (χ1v) is 43.0. The van der Waals surface area contributed by atoms with Crippen molar-refractivity contribution in [2.45, 2.75) is 153 Å². The van der Waals surface area contributed by atoms with Crippen LogP contribution in [0, 0.1) is 49.4 Å². The zero-order chi connectivity index (χ0) is 85.1. The Morgan fingerprint density at radius 3 is 1.03 bits per heavy atom. The van der Waals surface area contributed by atoms with Gasteiger partial charge in [-0.05, 0) is 206 Å². The van der Waals surface area contributed by atoms with E-state index in [1.54, 1.807) is 32.6 Å². The topological polar surface area (TPSA) is 387 Å². The van der Waals surface area contributed by atoms with Crippen LogP contribution >= 0.6 is 66.7 Å². The molecule has 122 heavy (non-hydrogen) atoms. The largest absolute Gasteiger partial charge is 0.490 e. The Hall–Kier alpha value is -10.1. The number of nitrogens with two attached hydrogens (primary N) is 4. The molecule has 23 rings (SSSR count). The maximum atomic E-state index is 8.61. The van der Waals surface area contributed by atoms with Crippen molar-refractivity contribution < 1.29 is 47.5 Å². The van der Waals surface area contributed by atoms with Crippen LogP contribution in [0.3, 0.4) is 0 Å². The van der Waals surface area contributed by atoms with Crippen molar-refractivity contribution in [1.82, 2.24) is 55.8 Å². The number of hydroxylamine groups is 8. The Morgan fingerprint density at radius 1 is 0.377 bits per heavy atom. The summed E-state index contributed by atoms with van der Waals surface area (Å²) in [6, 6.07) is 30.9. The summed E-state index contributed by atoms with van der Waals surface area (Å²) in [4.78, 5) is 57.5. The summed E-state index contributed by atoms with van der Waals surface area (Å²) >= 11 is 25.1. The molecule has 8 aliphatic carbocycles. The molecule has 4 aliphatic heterocycles. The van der Waals surface area contributed by atoms with Gasteiger partial charge < -0.3 is 51.1 Å². The van der Waals surface area contributed by atoms with Crippen LogP contribution < -0.4 is 28.4 Å². The minimum Gasteiger partial charge on any atom is -0.423 e. The van der Waals surface area contributed by atoms with Crippen LogP contribution in [0.25, 0.3) is 22.3 Å². The fraction of sp³-hybridized carbons (Fsp3) is 0.368. The van der Waals surface area contributed by atoms with Crippen LogP contribution in [0.4, 0.5) is 0 Å². The van der Waals surface area contributed by atoms with Crippen LogP contribution in [0.15, 0.2) is 175 Å². The van der Waals surface area contributed by atoms with Gasteiger partial charge in [0, 0.05) is 170 Å². The normalized spacial score (nSPS) is 26.5. The number of guanidine groups is 4. The molecule has 8 unspecified atom stereocenters. The summed E-state index contributed by atoms with van der Waals surface area (Å²) in [5.74, 6) is 5.34. The van der Waals surface area contributed by atoms with E-state index in [1.807, 2.05) is 80.4 Å². The smallest absolute Gasteiger partial charge is 0.423 e. The third-order valence-corrected chi connectivity index (χ3v) is 28.6. The Kier molecular flexibility index (Phi) is 20.1. The molecule has 11 heterocycles. The van der Waals surface area contributed by atoms with E-state index in [0.717, 1.165) is 202 Å². The molecule has 0 saturated heterocycles. The van der Waals surface area contributed by atoms with E-state index in [1.165, 1.54) is 63.0 Å². The number of pyridine rings is 3. The molecule has 11 aromatic rings. The number of benzene rings is 4. The Bertz CT molecular complexity index is 5880. The van der Waals surface area contributed by atoms with Crippen LogP contribution in [0.2, 0.25) is 15.1 Å². The van der Waals surface area contributed by atoms with E-state index in [4.69, 9.17) is 125 Å². The lowest BCUT2D eigenvalue weighted by molar-refractivity contribution is -0.224. The number of hydrogen-bond acceptors (Lipinski definition) is 29. The standard InChI is InChI=1S/2C23H22ClN5O2.2C18H19BrN4O2.C5H5BClNO2/c1-13-18-10-22(6-5-20(18)28-30-13)9-15-4-3-14(16-7-17(24)12-26-11-16)8-19(15)23(22)27-21(25)29(2)31-23;1-13-18-10-22(6-5-20(18)30-28-13)9-15-4-3-14(16-7-17(24)12-26-11-16)8-19(15)23(22)27-21(25)29(2)31-23;1-10-13-9-17(6-5-15(13)22-24-10)8-11-3-4-12(19)7-14(11)18(17)21-16(20)23(2)25-18;1-10-13-9-17(6-5-15(13)24-22-10)8-11-3-4-12(19)7-14(11)18(17)21-16(20)23(2)25-18;7-5-1-4(6(9)10)2-8-3-5/h2*3-4,7-8,11-12H,5-6,9-10H2,1-2H3,(H2,25,27);2*3-4,7H,5-6,8-9H2,1-2H3,(H2,20,21);1-3,9-10H. The van der Waals surface area contributed by atoms with E-state index >= 15 is 0 Å². The molecule has 35 heteroatoms. The van der Waals surface area contributed by atoms with Gasteiger partial charge in [-0.3, -0.25) is 15.0 Å². The molecular weight excluding hydrogens is 1750 g/mol. The molecular formula is C87H87BBr2Cl3N19O10. The van der Waals surface area contributed by atoms with Gasteiger partial charge in [-0.25, -0.2) is 59.6 Å². The first-order chi connectivity index (χ1) is 58.4. The fourth-order valence-corrected chi connectivity index (χ4v) is 22.1. The lowest BCUT2D eigenvalue weighted by Gasteiger charge is -2.43. The van der Waals surface area contributed by atoms with E-state index in [2.05, 4.69) is 140 Å². The van der Waals surface area contributed by atoms with Gasteiger partial charge in [-0.1, -0.05) is 124 Å². The highest BCUT2D eigenvalue weighted by molar-refractivity contribution is 9.10. The third kappa shape index (κ3) is 13.1. The molecule has 10 N–H and O–H groups in total. The summed E-state index contributed by atoms with van der Waals surface area (Å²) in [6.45, 7) is 7.96. The minimum absolute atomic E-state index is 0.186. The highest BCUT2D eigenvalue weighted by atomic mass is 79.9. The predicted molar refractivity (Wildman–Crippen MR) is 463 cm³/mol. The molecule has 0 radical (unpaired) electrons. The van der Waals surface area contributed by atoms with Crippen molar-refractivity contribution >= 4 is 103 Å². The number of nitrogens with zero attached hydrogens (tertiary/aromatic N) is 15. The summed E-state index contributed by atoms with van der Waals surface area (Å²) in [5.41, 5.74) is 42.8. The molecule has 0 amide bonds. The number of rotatable bonds is 3. The Balaban J connectivity index is 0.000000103.